The monoisotopic (exact) mass is 568 g/mol. The molecule has 4 aromatic rings. The smallest absolute Gasteiger partial charge is 0.229 e. The molecule has 1 aromatic heterocycles. The highest BCUT2D eigenvalue weighted by Gasteiger charge is 2.53. The van der Waals surface area contributed by atoms with Crippen molar-refractivity contribution in [2.75, 3.05) is 54.8 Å². The summed E-state index contributed by atoms with van der Waals surface area (Å²) >= 11 is 0. The van der Waals surface area contributed by atoms with E-state index in [1.54, 1.807) is 0 Å². The Labute approximate surface area is 242 Å². The van der Waals surface area contributed by atoms with E-state index in [0.29, 0.717) is 17.3 Å². The number of nitrogens with zero attached hydrogens (tertiary/aromatic N) is 4. The van der Waals surface area contributed by atoms with Gasteiger partial charge in [0.2, 0.25) is 5.95 Å². The van der Waals surface area contributed by atoms with Crippen molar-refractivity contribution in [1.29, 1.82) is 0 Å². The largest absolute Gasteiger partial charge is 0.369 e. The van der Waals surface area contributed by atoms with E-state index >= 15 is 0 Å². The third kappa shape index (κ3) is 5.09. The molecule has 0 spiro atoms. The van der Waals surface area contributed by atoms with Crippen LogP contribution in [0.5, 0.6) is 0 Å². The fourth-order valence-corrected chi connectivity index (χ4v) is 5.61. The normalized spacial score (nSPS) is 16.0. The lowest BCUT2D eigenvalue weighted by atomic mass is 9.71. The molecule has 6 rings (SSSR count). The molecule has 0 amide bonds. The molecular formula is C32H30F2N6O2. The van der Waals surface area contributed by atoms with E-state index in [-0.39, 0.29) is 17.7 Å². The van der Waals surface area contributed by atoms with Crippen molar-refractivity contribution in [3.8, 4) is 0 Å². The van der Waals surface area contributed by atoms with Gasteiger partial charge in [-0.3, -0.25) is 9.59 Å². The average Bonchev–Trinajstić information content (AvgIpc) is 3.41. The van der Waals surface area contributed by atoms with Crippen LogP contribution in [0.4, 0.5) is 31.9 Å². The van der Waals surface area contributed by atoms with E-state index in [4.69, 9.17) is 0 Å². The summed E-state index contributed by atoms with van der Waals surface area (Å²) in [6, 6.07) is 18.1. The van der Waals surface area contributed by atoms with Gasteiger partial charge in [0.05, 0.1) is 0 Å². The summed E-state index contributed by atoms with van der Waals surface area (Å²) in [7, 11) is 0. The van der Waals surface area contributed by atoms with Gasteiger partial charge < -0.3 is 20.4 Å². The zero-order valence-corrected chi connectivity index (χ0v) is 23.1. The van der Waals surface area contributed by atoms with Crippen LogP contribution in [0.25, 0.3) is 0 Å². The molecule has 3 aromatic carbocycles. The van der Waals surface area contributed by atoms with Gasteiger partial charge in [0.15, 0.2) is 11.6 Å². The van der Waals surface area contributed by atoms with E-state index in [1.165, 1.54) is 54.7 Å². The first-order chi connectivity index (χ1) is 20.4. The molecule has 10 heteroatoms. The number of rotatable bonds is 8. The second-order valence-corrected chi connectivity index (χ2v) is 10.5. The van der Waals surface area contributed by atoms with Crippen molar-refractivity contribution in [1.82, 2.24) is 14.9 Å². The number of anilines is 4. The molecule has 42 heavy (non-hydrogen) atoms. The van der Waals surface area contributed by atoms with Gasteiger partial charge >= 0.3 is 0 Å². The fraction of sp³-hybridized carbons (Fsp3) is 0.250. The quantitative estimate of drug-likeness (QED) is 0.225. The highest BCUT2D eigenvalue weighted by molar-refractivity contribution is 6.25. The number of likely N-dealkylation sites (N-methyl/N-ethyl adjacent to an activating group) is 1. The molecule has 0 aliphatic carbocycles. The Balaban J connectivity index is 1.28. The minimum Gasteiger partial charge on any atom is -0.369 e. The Morgan fingerprint density at radius 2 is 1.43 bits per heavy atom. The molecule has 2 aliphatic heterocycles. The maximum atomic E-state index is 14.0. The van der Waals surface area contributed by atoms with Gasteiger partial charge in [-0.05, 0) is 79.3 Å². The minimum atomic E-state index is -1.72. The molecular weight excluding hydrogens is 538 g/mol. The van der Waals surface area contributed by atoms with Crippen LogP contribution in [-0.4, -0.2) is 65.7 Å². The lowest BCUT2D eigenvalue weighted by Gasteiger charge is -2.35. The number of fused-ring (bicyclic) bond motifs is 1. The first-order valence-electron chi connectivity index (χ1n) is 13.9. The summed E-state index contributed by atoms with van der Waals surface area (Å²) in [5.74, 6) is -1.41. The van der Waals surface area contributed by atoms with Crippen LogP contribution in [0.15, 0.2) is 79.0 Å². The maximum absolute atomic E-state index is 14.0. The predicted molar refractivity (Wildman–Crippen MR) is 158 cm³/mol. The van der Waals surface area contributed by atoms with Gasteiger partial charge in [0, 0.05) is 67.0 Å². The number of ketones is 2. The molecule has 1 saturated heterocycles. The van der Waals surface area contributed by atoms with Crippen molar-refractivity contribution in [3.05, 3.63) is 107 Å². The first kappa shape index (κ1) is 27.5. The molecule has 1 fully saturated rings. The highest BCUT2D eigenvalue weighted by Crippen LogP contribution is 2.41. The second-order valence-electron chi connectivity index (χ2n) is 10.5. The minimum absolute atomic E-state index is 0.0765. The van der Waals surface area contributed by atoms with Crippen LogP contribution >= 0.6 is 0 Å². The molecule has 2 N–H and O–H groups in total. The number of nitrogens with one attached hydrogen (secondary N) is 2. The fourth-order valence-electron chi connectivity index (χ4n) is 5.61. The van der Waals surface area contributed by atoms with E-state index in [9.17, 15) is 18.4 Å². The molecule has 3 heterocycles. The zero-order valence-electron chi connectivity index (χ0n) is 23.1. The van der Waals surface area contributed by atoms with E-state index in [2.05, 4.69) is 49.5 Å². The number of carbonyl (C=O) groups is 2. The number of piperazine rings is 1. The number of Topliss-reactive ketones (excluding diaryl/α,β-unsaturated/α-hetero) is 2. The summed E-state index contributed by atoms with van der Waals surface area (Å²) in [5, 5.41) is 6.31. The molecule has 8 nitrogen and oxygen atoms in total. The standard InChI is InChI=1S/C32H30F2N6O2/c1-2-39-15-17-40(18-16-39)26-13-11-25(12-14-26)37-31-35-19-27-30(38-31)36-20-32(27,28(41)21-3-7-23(33)8-4-21)29(42)22-5-9-24(34)10-6-22/h3-14,19H,2,15-18,20H2,1H3,(H2,35,36,37,38). The van der Waals surface area contributed by atoms with Crippen LogP contribution in [0, 0.1) is 11.6 Å². The predicted octanol–water partition coefficient (Wildman–Crippen LogP) is 5.07. The van der Waals surface area contributed by atoms with Gasteiger partial charge in [0.1, 0.15) is 22.9 Å². The van der Waals surface area contributed by atoms with Crippen LogP contribution in [0.3, 0.4) is 0 Å². The van der Waals surface area contributed by atoms with E-state index in [1.807, 2.05) is 12.1 Å². The first-order valence-corrected chi connectivity index (χ1v) is 13.9. The molecule has 0 saturated carbocycles. The summed E-state index contributed by atoms with van der Waals surface area (Å²) in [5.41, 5.74) is 0.863. The number of aromatic nitrogens is 2. The van der Waals surface area contributed by atoms with Crippen LogP contribution in [0.2, 0.25) is 0 Å². The van der Waals surface area contributed by atoms with Crippen LogP contribution < -0.4 is 15.5 Å². The number of hydrogen-bond acceptors (Lipinski definition) is 8. The van der Waals surface area contributed by atoms with E-state index in [0.717, 1.165) is 44.1 Å². The SMILES string of the molecule is CCN1CCN(c2ccc(Nc3ncc4c(n3)NCC4(C(=O)c3ccc(F)cc3)C(=O)c3ccc(F)cc3)cc2)CC1. The third-order valence-corrected chi connectivity index (χ3v) is 8.07. The molecule has 0 bridgehead atoms. The van der Waals surface area contributed by atoms with Gasteiger partial charge in [0.25, 0.3) is 0 Å². The lowest BCUT2D eigenvalue weighted by Crippen LogP contribution is -2.46. The summed E-state index contributed by atoms with van der Waals surface area (Å²) in [6.07, 6.45) is 1.47. The van der Waals surface area contributed by atoms with Gasteiger partial charge in [-0.1, -0.05) is 6.92 Å². The Hall–Kier alpha value is -4.70. The summed E-state index contributed by atoms with van der Waals surface area (Å²) < 4.78 is 27.3. The lowest BCUT2D eigenvalue weighted by molar-refractivity contribution is 0.0778. The van der Waals surface area contributed by atoms with Crippen molar-refractivity contribution in [2.24, 2.45) is 0 Å². The molecule has 0 atom stereocenters. The van der Waals surface area contributed by atoms with Crippen LogP contribution in [0.1, 0.15) is 33.2 Å². The Morgan fingerprint density at radius 3 is 1.98 bits per heavy atom. The third-order valence-electron chi connectivity index (χ3n) is 8.07. The second kappa shape index (κ2) is 11.3. The van der Waals surface area contributed by atoms with Crippen molar-refractivity contribution < 1.29 is 18.4 Å². The molecule has 2 aliphatic rings. The number of hydrogen-bond donors (Lipinski definition) is 2. The average molecular weight is 569 g/mol. The van der Waals surface area contributed by atoms with Gasteiger partial charge in [-0.2, -0.15) is 4.98 Å². The van der Waals surface area contributed by atoms with Crippen molar-refractivity contribution >= 4 is 34.7 Å². The number of carbonyl (C=O) groups excluding carboxylic acids is 2. The number of halogens is 2. The Bertz CT molecular complexity index is 1540. The molecule has 214 valence electrons. The van der Waals surface area contributed by atoms with Gasteiger partial charge in [-0.15, -0.1) is 0 Å². The topological polar surface area (TPSA) is 90.5 Å². The number of benzene rings is 3. The van der Waals surface area contributed by atoms with Gasteiger partial charge in [-0.25, -0.2) is 13.8 Å². The maximum Gasteiger partial charge on any atom is 0.229 e. The zero-order chi connectivity index (χ0) is 29.3. The van der Waals surface area contributed by atoms with Crippen molar-refractivity contribution in [3.63, 3.8) is 0 Å². The van der Waals surface area contributed by atoms with Crippen LogP contribution in [-0.2, 0) is 5.41 Å². The molecule has 0 unspecified atom stereocenters. The Morgan fingerprint density at radius 1 is 0.857 bits per heavy atom. The summed E-state index contributed by atoms with van der Waals surface area (Å²) in [4.78, 5) is 41.7. The van der Waals surface area contributed by atoms with Crippen molar-refractivity contribution in [2.45, 2.75) is 12.3 Å². The van der Waals surface area contributed by atoms with E-state index < -0.39 is 28.6 Å². The highest BCUT2D eigenvalue weighted by atomic mass is 19.1. The Kier molecular flexibility index (Phi) is 7.38. The molecule has 0 radical (unpaired) electrons. The summed E-state index contributed by atoms with van der Waals surface area (Å²) in [6.45, 7) is 7.22.